The van der Waals surface area contributed by atoms with E-state index in [9.17, 15) is 9.59 Å². The van der Waals surface area contributed by atoms with Crippen LogP contribution in [0, 0.1) is 0 Å². The first-order chi connectivity index (χ1) is 20.6. The summed E-state index contributed by atoms with van der Waals surface area (Å²) in [7, 11) is 0. The number of carbonyl (C=O) groups is 2. The van der Waals surface area contributed by atoms with Crippen LogP contribution in [0.25, 0.3) is 11.1 Å². The van der Waals surface area contributed by atoms with Crippen molar-refractivity contribution in [1.29, 1.82) is 0 Å². The lowest BCUT2D eigenvalue weighted by atomic mass is 10.0. The molecule has 7 nitrogen and oxygen atoms in total. The van der Waals surface area contributed by atoms with Gasteiger partial charge in [0.1, 0.15) is 12.4 Å². The first kappa shape index (κ1) is 28.6. The first-order valence-electron chi connectivity index (χ1n) is 13.6. The van der Waals surface area contributed by atoms with Gasteiger partial charge in [-0.3, -0.25) is 4.98 Å². The molecule has 2 aromatic heterocycles. The number of hydrogen-bond acceptors (Lipinski definition) is 6. The molecule has 0 atom stereocenters. The Labute approximate surface area is 249 Å². The zero-order valence-corrected chi connectivity index (χ0v) is 24.1. The number of nitrogens with one attached hydrogen (secondary N) is 1. The second kappa shape index (κ2) is 14.1. The van der Waals surface area contributed by atoms with Crippen LogP contribution >= 0.6 is 11.3 Å². The third kappa shape index (κ3) is 7.83. The Hall–Kier alpha value is -4.95. The van der Waals surface area contributed by atoms with Crippen LogP contribution in [0.4, 0.5) is 10.5 Å². The molecule has 212 valence electrons. The third-order valence-corrected chi connectivity index (χ3v) is 7.36. The summed E-state index contributed by atoms with van der Waals surface area (Å²) in [5.74, 6) is 0.411. The molecule has 0 bridgehead atoms. The highest BCUT2D eigenvalue weighted by Crippen LogP contribution is 2.23. The molecule has 8 heteroatoms. The van der Waals surface area contributed by atoms with Gasteiger partial charge in [0.05, 0.1) is 12.2 Å². The second-order valence-corrected chi connectivity index (χ2v) is 10.6. The summed E-state index contributed by atoms with van der Waals surface area (Å²) < 4.78 is 10.9. The smallest absolute Gasteiger partial charge is 0.338 e. The van der Waals surface area contributed by atoms with E-state index in [0.717, 1.165) is 32.9 Å². The summed E-state index contributed by atoms with van der Waals surface area (Å²) >= 11 is 1.65. The molecule has 0 spiro atoms. The van der Waals surface area contributed by atoms with Gasteiger partial charge < -0.3 is 19.7 Å². The van der Waals surface area contributed by atoms with Crippen LogP contribution < -0.4 is 10.1 Å². The van der Waals surface area contributed by atoms with Gasteiger partial charge in [-0.1, -0.05) is 48.5 Å². The highest BCUT2D eigenvalue weighted by Gasteiger charge is 2.16. The van der Waals surface area contributed by atoms with E-state index in [1.54, 1.807) is 47.7 Å². The summed E-state index contributed by atoms with van der Waals surface area (Å²) in [5, 5.41) is 5.04. The van der Waals surface area contributed by atoms with E-state index >= 15 is 0 Å². The van der Waals surface area contributed by atoms with Crippen molar-refractivity contribution in [3.63, 3.8) is 0 Å². The monoisotopic (exact) mass is 577 g/mol. The molecule has 0 aliphatic carbocycles. The van der Waals surface area contributed by atoms with Crippen molar-refractivity contribution in [2.75, 3.05) is 11.9 Å². The number of hydrogen-bond donors (Lipinski definition) is 1. The minimum atomic E-state index is -0.329. The minimum Gasteiger partial charge on any atom is -0.488 e. The van der Waals surface area contributed by atoms with Crippen molar-refractivity contribution in [3.8, 4) is 16.9 Å². The summed E-state index contributed by atoms with van der Waals surface area (Å²) in [4.78, 5) is 32.5. The third-order valence-electron chi connectivity index (χ3n) is 6.51. The Morgan fingerprint density at radius 2 is 1.55 bits per heavy atom. The number of thiophene rings is 1. The molecular formula is C34H31N3O4S. The van der Waals surface area contributed by atoms with Gasteiger partial charge >= 0.3 is 12.0 Å². The van der Waals surface area contributed by atoms with E-state index in [1.165, 1.54) is 0 Å². The number of aromatic nitrogens is 1. The summed E-state index contributed by atoms with van der Waals surface area (Å²) in [6, 6.07) is 30.4. The normalized spacial score (nSPS) is 10.6. The Bertz CT molecular complexity index is 1570. The molecule has 0 aliphatic rings. The fraction of sp³-hybridized carbons (Fsp3) is 0.147. The molecule has 0 saturated heterocycles. The van der Waals surface area contributed by atoms with Crippen LogP contribution in [0.3, 0.4) is 0 Å². The van der Waals surface area contributed by atoms with Crippen molar-refractivity contribution in [2.45, 2.75) is 26.6 Å². The average Bonchev–Trinajstić information content (AvgIpc) is 3.55. The quantitative estimate of drug-likeness (QED) is 0.162. The van der Waals surface area contributed by atoms with Crippen LogP contribution in [0.15, 0.2) is 115 Å². The molecule has 5 aromatic rings. The van der Waals surface area contributed by atoms with E-state index < -0.39 is 0 Å². The summed E-state index contributed by atoms with van der Waals surface area (Å²) in [5.41, 5.74) is 5.12. The SMILES string of the molecule is CCOC(=O)c1ccc(-c2ccc(CN(Cc3cccnc3)C(=O)Nc3ccc(OCc4cccs4)cc3)cc2)cc1. The molecule has 0 aliphatic heterocycles. The number of pyridine rings is 1. The maximum absolute atomic E-state index is 13.4. The number of rotatable bonds is 11. The van der Waals surface area contributed by atoms with Crippen molar-refractivity contribution >= 4 is 29.0 Å². The molecule has 0 fully saturated rings. The predicted octanol–water partition coefficient (Wildman–Crippen LogP) is 7.80. The number of benzene rings is 3. The lowest BCUT2D eigenvalue weighted by Crippen LogP contribution is -2.34. The van der Waals surface area contributed by atoms with Crippen LogP contribution in [-0.2, 0) is 24.4 Å². The molecule has 42 heavy (non-hydrogen) atoms. The van der Waals surface area contributed by atoms with Gasteiger partial charge in [0.25, 0.3) is 0 Å². The summed E-state index contributed by atoms with van der Waals surface area (Å²) in [6.45, 7) is 3.45. The van der Waals surface area contributed by atoms with Crippen molar-refractivity contribution < 1.29 is 19.1 Å². The van der Waals surface area contributed by atoms with Gasteiger partial charge in [0.2, 0.25) is 0 Å². The first-order valence-corrected chi connectivity index (χ1v) is 14.5. The number of anilines is 1. The molecular weight excluding hydrogens is 546 g/mol. The van der Waals surface area contributed by atoms with Crippen LogP contribution in [-0.4, -0.2) is 28.5 Å². The van der Waals surface area contributed by atoms with Gasteiger partial charge in [0, 0.05) is 36.0 Å². The molecule has 2 heterocycles. The Balaban J connectivity index is 1.25. The number of urea groups is 1. The number of carbonyl (C=O) groups excluding carboxylic acids is 2. The second-order valence-electron chi connectivity index (χ2n) is 9.53. The maximum Gasteiger partial charge on any atom is 0.338 e. The van der Waals surface area contributed by atoms with E-state index in [4.69, 9.17) is 9.47 Å². The zero-order chi connectivity index (χ0) is 29.1. The molecule has 5 rings (SSSR count). The fourth-order valence-corrected chi connectivity index (χ4v) is 4.95. The van der Waals surface area contributed by atoms with Crippen molar-refractivity contribution in [3.05, 3.63) is 136 Å². The molecule has 0 radical (unpaired) electrons. The van der Waals surface area contributed by atoms with Gasteiger partial charge in [-0.25, -0.2) is 9.59 Å². The van der Waals surface area contributed by atoms with Gasteiger partial charge in [-0.05, 0) is 83.1 Å². The highest BCUT2D eigenvalue weighted by molar-refractivity contribution is 7.09. The minimum absolute atomic E-state index is 0.218. The topological polar surface area (TPSA) is 80.8 Å². The Morgan fingerprint density at radius 3 is 2.19 bits per heavy atom. The highest BCUT2D eigenvalue weighted by atomic mass is 32.1. The Kier molecular flexibility index (Phi) is 9.59. The molecule has 0 unspecified atom stereocenters. The fourth-order valence-electron chi connectivity index (χ4n) is 4.33. The lowest BCUT2D eigenvalue weighted by molar-refractivity contribution is 0.0526. The molecule has 0 saturated carbocycles. The van der Waals surface area contributed by atoms with Crippen molar-refractivity contribution in [1.82, 2.24) is 9.88 Å². The van der Waals surface area contributed by atoms with Crippen molar-refractivity contribution in [2.24, 2.45) is 0 Å². The molecule has 2 amide bonds. The van der Waals surface area contributed by atoms with Crippen LogP contribution in [0.2, 0.25) is 0 Å². The average molecular weight is 578 g/mol. The predicted molar refractivity (Wildman–Crippen MR) is 165 cm³/mol. The summed E-state index contributed by atoms with van der Waals surface area (Å²) in [6.07, 6.45) is 3.48. The van der Waals surface area contributed by atoms with E-state index in [1.807, 2.05) is 90.3 Å². The Morgan fingerprint density at radius 1 is 0.833 bits per heavy atom. The number of ether oxygens (including phenoxy) is 2. The van der Waals surface area contributed by atoms with E-state index in [-0.39, 0.29) is 12.0 Å². The number of esters is 1. The zero-order valence-electron chi connectivity index (χ0n) is 23.2. The largest absolute Gasteiger partial charge is 0.488 e. The van der Waals surface area contributed by atoms with E-state index in [2.05, 4.69) is 10.3 Å². The molecule has 1 N–H and O–H groups in total. The van der Waals surface area contributed by atoms with Gasteiger partial charge in [-0.15, -0.1) is 11.3 Å². The number of amides is 2. The van der Waals surface area contributed by atoms with Gasteiger partial charge in [0.15, 0.2) is 0 Å². The van der Waals surface area contributed by atoms with E-state index in [0.29, 0.717) is 37.6 Å². The van der Waals surface area contributed by atoms with Crippen LogP contribution in [0.1, 0.15) is 33.3 Å². The maximum atomic E-state index is 13.4. The molecule has 3 aromatic carbocycles. The standard InChI is InChI=1S/C34H31N3O4S/c1-2-40-33(38)29-13-11-28(12-14-29)27-9-7-25(8-10-27)22-37(23-26-5-3-19-35-21-26)34(39)36-30-15-17-31(18-16-30)41-24-32-6-4-20-42-32/h3-21H,2,22-24H2,1H3,(H,36,39). The van der Waals surface area contributed by atoms with Gasteiger partial charge in [-0.2, -0.15) is 0 Å². The van der Waals surface area contributed by atoms with Crippen LogP contribution in [0.5, 0.6) is 5.75 Å². The number of nitrogens with zero attached hydrogens (tertiary/aromatic N) is 2. The lowest BCUT2D eigenvalue weighted by Gasteiger charge is -2.23.